The van der Waals surface area contributed by atoms with Crippen molar-refractivity contribution in [2.75, 3.05) is 26.2 Å². The number of ether oxygens (including phenoxy) is 2. The van der Waals surface area contributed by atoms with Crippen LogP contribution in [0, 0.1) is 6.92 Å². The zero-order valence-electron chi connectivity index (χ0n) is 16.9. The van der Waals surface area contributed by atoms with Crippen molar-refractivity contribution in [3.05, 3.63) is 58.1 Å². The van der Waals surface area contributed by atoms with E-state index in [4.69, 9.17) is 21.1 Å². The number of carbonyl (C=O) groups is 1. The van der Waals surface area contributed by atoms with E-state index in [1.165, 1.54) is 6.07 Å². The van der Waals surface area contributed by atoms with E-state index in [-0.39, 0.29) is 23.5 Å². The fraction of sp³-hybridized carbons (Fsp3) is 0.435. The minimum Gasteiger partial charge on any atom is -0.490 e. The minimum atomic E-state index is -1.04. The number of β-amino-alcohol motifs (C(OH)–C–C–N with tert-alkyl or cyclic N) is 1. The van der Waals surface area contributed by atoms with E-state index >= 15 is 0 Å². The molecular weight excluding hydrogens is 406 g/mol. The summed E-state index contributed by atoms with van der Waals surface area (Å²) >= 11 is 6.10. The molecule has 160 valence electrons. The second kappa shape index (κ2) is 8.46. The summed E-state index contributed by atoms with van der Waals surface area (Å²) in [6.45, 7) is 4.04. The summed E-state index contributed by atoms with van der Waals surface area (Å²) in [6.07, 6.45) is 1.93. The van der Waals surface area contributed by atoms with Gasteiger partial charge in [-0.1, -0.05) is 17.7 Å². The van der Waals surface area contributed by atoms with Crippen molar-refractivity contribution in [1.82, 2.24) is 4.90 Å². The smallest absolute Gasteiger partial charge is 0.339 e. The van der Waals surface area contributed by atoms with Crippen LogP contribution in [0.3, 0.4) is 0 Å². The number of rotatable bonds is 6. The number of benzene rings is 2. The van der Waals surface area contributed by atoms with Gasteiger partial charge in [-0.25, -0.2) is 4.79 Å². The van der Waals surface area contributed by atoms with Gasteiger partial charge < -0.3 is 24.6 Å². The van der Waals surface area contributed by atoms with Gasteiger partial charge in [0.25, 0.3) is 0 Å². The molecule has 1 fully saturated rings. The lowest BCUT2D eigenvalue weighted by molar-refractivity contribution is -0.00203. The maximum absolute atomic E-state index is 11.3. The molecular formula is C23H26ClNO5. The van der Waals surface area contributed by atoms with Crippen LogP contribution in [0.2, 0.25) is 5.02 Å². The number of aromatic carboxylic acids is 1. The van der Waals surface area contributed by atoms with Crippen LogP contribution < -0.4 is 9.47 Å². The number of aryl methyl sites for hydroxylation is 1. The van der Waals surface area contributed by atoms with E-state index in [0.29, 0.717) is 6.54 Å². The Morgan fingerprint density at radius 1 is 1.27 bits per heavy atom. The Bertz CT molecular complexity index is 939. The van der Waals surface area contributed by atoms with Gasteiger partial charge in [0.2, 0.25) is 0 Å². The monoisotopic (exact) mass is 431 g/mol. The third-order valence-electron chi connectivity index (χ3n) is 5.90. The molecule has 2 N–H and O–H groups in total. The van der Waals surface area contributed by atoms with Crippen LogP contribution in [0.5, 0.6) is 11.5 Å². The summed E-state index contributed by atoms with van der Waals surface area (Å²) in [5.74, 6) is 0.170. The van der Waals surface area contributed by atoms with Crippen LogP contribution in [-0.2, 0) is 6.42 Å². The Morgan fingerprint density at radius 2 is 2.03 bits per heavy atom. The van der Waals surface area contributed by atoms with Crippen molar-refractivity contribution in [3.8, 4) is 11.5 Å². The number of nitrogens with zero attached hydrogens (tertiary/aromatic N) is 1. The molecule has 0 aromatic heterocycles. The van der Waals surface area contributed by atoms with Crippen LogP contribution >= 0.6 is 11.6 Å². The maximum Gasteiger partial charge on any atom is 0.339 e. The van der Waals surface area contributed by atoms with Crippen LogP contribution in [-0.4, -0.2) is 59.0 Å². The topological polar surface area (TPSA) is 79.2 Å². The van der Waals surface area contributed by atoms with Gasteiger partial charge in [0.1, 0.15) is 35.4 Å². The van der Waals surface area contributed by atoms with Crippen molar-refractivity contribution >= 4 is 17.6 Å². The Balaban J connectivity index is 1.28. The number of carboxylic acids is 1. The lowest BCUT2D eigenvalue weighted by Crippen LogP contribution is -2.49. The molecule has 1 atom stereocenters. The number of hydrogen-bond acceptors (Lipinski definition) is 5. The van der Waals surface area contributed by atoms with Crippen LogP contribution in [0.25, 0.3) is 0 Å². The SMILES string of the molecule is Cc1ccc(C(=O)O)c(OC[C@H](O)CN2CCC3(CC2)Cc2cc(Cl)ccc2O3)c1. The summed E-state index contributed by atoms with van der Waals surface area (Å²) in [6, 6.07) is 10.7. The normalized spacial score (nSPS) is 18.6. The lowest BCUT2D eigenvalue weighted by atomic mass is 9.87. The van der Waals surface area contributed by atoms with E-state index in [1.807, 2.05) is 25.1 Å². The van der Waals surface area contributed by atoms with Crippen LogP contribution in [0.4, 0.5) is 0 Å². The van der Waals surface area contributed by atoms with Crippen molar-refractivity contribution in [3.63, 3.8) is 0 Å². The average molecular weight is 432 g/mol. The summed E-state index contributed by atoms with van der Waals surface area (Å²) in [7, 11) is 0. The molecule has 0 unspecified atom stereocenters. The fourth-order valence-corrected chi connectivity index (χ4v) is 4.48. The predicted molar refractivity (Wildman–Crippen MR) is 114 cm³/mol. The molecule has 4 rings (SSSR count). The van der Waals surface area contributed by atoms with Crippen LogP contribution in [0.1, 0.15) is 34.3 Å². The van der Waals surface area contributed by atoms with Gasteiger partial charge in [0.15, 0.2) is 0 Å². The summed E-state index contributed by atoms with van der Waals surface area (Å²) in [5, 5.41) is 20.5. The first-order valence-electron chi connectivity index (χ1n) is 10.2. The highest BCUT2D eigenvalue weighted by Gasteiger charge is 2.42. The molecule has 2 heterocycles. The van der Waals surface area contributed by atoms with Gasteiger partial charge in [-0.15, -0.1) is 0 Å². The van der Waals surface area contributed by atoms with Crippen molar-refractivity contribution in [2.24, 2.45) is 0 Å². The zero-order valence-corrected chi connectivity index (χ0v) is 17.7. The van der Waals surface area contributed by atoms with E-state index in [1.54, 1.807) is 12.1 Å². The molecule has 2 aromatic carbocycles. The predicted octanol–water partition coefficient (Wildman–Crippen LogP) is 3.56. The Morgan fingerprint density at radius 3 is 2.77 bits per heavy atom. The molecule has 2 aliphatic rings. The molecule has 2 aromatic rings. The number of hydrogen-bond donors (Lipinski definition) is 2. The molecule has 0 saturated carbocycles. The lowest BCUT2D eigenvalue weighted by Gasteiger charge is -2.39. The van der Waals surface area contributed by atoms with E-state index in [9.17, 15) is 15.0 Å². The van der Waals surface area contributed by atoms with Gasteiger partial charge in [-0.3, -0.25) is 0 Å². The highest BCUT2D eigenvalue weighted by Crippen LogP contribution is 2.41. The standard InChI is InChI=1S/C23H26ClNO5/c1-15-2-4-19(22(27)28)21(10-15)29-14-18(26)13-25-8-6-23(7-9-25)12-16-11-17(24)3-5-20(16)30-23/h2-5,10-11,18,26H,6-9,12-14H2,1H3,(H,27,28)/t18-/m1/s1. The summed E-state index contributed by atoms with van der Waals surface area (Å²) in [4.78, 5) is 13.5. The maximum atomic E-state index is 11.3. The molecule has 0 amide bonds. The van der Waals surface area contributed by atoms with Gasteiger partial charge in [0, 0.05) is 43.9 Å². The molecule has 7 heteroatoms. The molecule has 2 aliphatic heterocycles. The third kappa shape index (κ3) is 4.56. The molecule has 1 saturated heterocycles. The van der Waals surface area contributed by atoms with Crippen molar-refractivity contribution in [1.29, 1.82) is 0 Å². The second-order valence-electron chi connectivity index (χ2n) is 8.28. The summed E-state index contributed by atoms with van der Waals surface area (Å²) in [5.41, 5.74) is 2.00. The highest BCUT2D eigenvalue weighted by atomic mass is 35.5. The third-order valence-corrected chi connectivity index (χ3v) is 6.13. The quantitative estimate of drug-likeness (QED) is 0.728. The molecule has 0 aliphatic carbocycles. The number of carboxylic acid groups (broad SMARTS) is 1. The zero-order chi connectivity index (χ0) is 21.3. The van der Waals surface area contributed by atoms with Gasteiger partial charge in [0.05, 0.1) is 0 Å². The van der Waals surface area contributed by atoms with Crippen molar-refractivity contribution in [2.45, 2.75) is 37.9 Å². The van der Waals surface area contributed by atoms with E-state index in [0.717, 1.165) is 54.3 Å². The summed E-state index contributed by atoms with van der Waals surface area (Å²) < 4.78 is 11.9. The fourth-order valence-electron chi connectivity index (χ4n) is 4.29. The number of fused-ring (bicyclic) bond motifs is 1. The number of aliphatic hydroxyl groups is 1. The molecule has 30 heavy (non-hydrogen) atoms. The van der Waals surface area contributed by atoms with Gasteiger partial charge in [-0.2, -0.15) is 0 Å². The average Bonchev–Trinajstić information content (AvgIpc) is 3.05. The number of aliphatic hydroxyl groups excluding tert-OH is 1. The number of piperidine rings is 1. The Hall–Kier alpha value is -2.28. The van der Waals surface area contributed by atoms with Gasteiger partial charge in [-0.05, 0) is 48.4 Å². The van der Waals surface area contributed by atoms with Gasteiger partial charge >= 0.3 is 5.97 Å². The minimum absolute atomic E-state index is 0.0474. The first kappa shape index (κ1) is 21.0. The van der Waals surface area contributed by atoms with Crippen LogP contribution in [0.15, 0.2) is 36.4 Å². The largest absolute Gasteiger partial charge is 0.490 e. The van der Waals surface area contributed by atoms with E-state index in [2.05, 4.69) is 4.90 Å². The Labute approximate surface area is 181 Å². The molecule has 1 spiro atoms. The molecule has 6 nitrogen and oxygen atoms in total. The Kier molecular flexibility index (Phi) is 5.91. The molecule has 0 radical (unpaired) electrons. The first-order valence-corrected chi connectivity index (χ1v) is 10.6. The second-order valence-corrected chi connectivity index (χ2v) is 8.72. The molecule has 0 bridgehead atoms. The number of likely N-dealkylation sites (tertiary alicyclic amines) is 1. The van der Waals surface area contributed by atoms with E-state index < -0.39 is 12.1 Å². The first-order chi connectivity index (χ1) is 14.3. The van der Waals surface area contributed by atoms with Crippen molar-refractivity contribution < 1.29 is 24.5 Å². The highest BCUT2D eigenvalue weighted by molar-refractivity contribution is 6.30. The number of halogens is 1.